The van der Waals surface area contributed by atoms with Crippen LogP contribution in [0.3, 0.4) is 0 Å². The Labute approximate surface area is 152 Å². The van der Waals surface area contributed by atoms with E-state index in [9.17, 15) is 14.7 Å². The first kappa shape index (κ1) is 17.7. The van der Waals surface area contributed by atoms with Crippen LogP contribution in [-0.2, 0) is 22.4 Å². The number of rotatable bonds is 7. The monoisotopic (exact) mass is 347 g/mol. The number of hydrogen-bond acceptors (Lipinski definition) is 2. The molecule has 0 aliphatic carbocycles. The van der Waals surface area contributed by atoms with Gasteiger partial charge < -0.3 is 10.4 Å². The van der Waals surface area contributed by atoms with Crippen molar-refractivity contribution in [3.05, 3.63) is 83.9 Å². The lowest BCUT2D eigenvalue weighted by Crippen LogP contribution is -2.42. The van der Waals surface area contributed by atoms with Gasteiger partial charge in [0.15, 0.2) is 0 Å². The van der Waals surface area contributed by atoms with E-state index in [2.05, 4.69) is 5.32 Å². The SMILES string of the molecule is O=C(CCc1ccccc1)N[C@@H](Cc1ccc2ccccc2c1)C(=O)O. The number of carboxylic acid groups (broad SMARTS) is 1. The molecule has 3 aromatic carbocycles. The molecule has 2 N–H and O–H groups in total. The Balaban J connectivity index is 1.62. The van der Waals surface area contributed by atoms with Crippen molar-refractivity contribution in [3.63, 3.8) is 0 Å². The standard InChI is InChI=1S/C22H21NO3/c24-21(13-11-16-6-2-1-3-7-16)23-20(22(25)26)15-17-10-12-18-8-4-5-9-19(18)14-17/h1-10,12,14,20H,11,13,15H2,(H,23,24)(H,25,26)/t20-/m0/s1. The number of carbonyl (C=O) groups is 2. The van der Waals surface area contributed by atoms with E-state index in [0.29, 0.717) is 6.42 Å². The molecule has 0 fully saturated rings. The fraction of sp³-hybridized carbons (Fsp3) is 0.182. The first-order valence-corrected chi connectivity index (χ1v) is 8.65. The highest BCUT2D eigenvalue weighted by molar-refractivity contribution is 5.85. The van der Waals surface area contributed by atoms with E-state index >= 15 is 0 Å². The zero-order valence-corrected chi connectivity index (χ0v) is 14.4. The van der Waals surface area contributed by atoms with Gasteiger partial charge in [-0.15, -0.1) is 0 Å². The Hall–Kier alpha value is -3.14. The molecule has 26 heavy (non-hydrogen) atoms. The lowest BCUT2D eigenvalue weighted by atomic mass is 10.0. The Bertz CT molecular complexity index is 905. The van der Waals surface area contributed by atoms with E-state index < -0.39 is 12.0 Å². The van der Waals surface area contributed by atoms with Gasteiger partial charge in [-0.05, 0) is 28.3 Å². The van der Waals surface area contributed by atoms with E-state index in [4.69, 9.17) is 0 Å². The van der Waals surface area contributed by atoms with Gasteiger partial charge >= 0.3 is 5.97 Å². The normalized spacial score (nSPS) is 11.8. The molecule has 0 spiro atoms. The third-order valence-corrected chi connectivity index (χ3v) is 4.37. The first-order valence-electron chi connectivity index (χ1n) is 8.65. The van der Waals surface area contributed by atoms with Crippen molar-refractivity contribution < 1.29 is 14.7 Å². The maximum Gasteiger partial charge on any atom is 0.326 e. The molecule has 0 bridgehead atoms. The summed E-state index contributed by atoms with van der Waals surface area (Å²) in [6.45, 7) is 0. The minimum Gasteiger partial charge on any atom is -0.480 e. The summed E-state index contributed by atoms with van der Waals surface area (Å²) in [6, 6.07) is 22.5. The van der Waals surface area contributed by atoms with Crippen LogP contribution in [0.5, 0.6) is 0 Å². The average Bonchev–Trinajstić information content (AvgIpc) is 2.66. The summed E-state index contributed by atoms with van der Waals surface area (Å²) >= 11 is 0. The Morgan fingerprint density at radius 2 is 1.54 bits per heavy atom. The van der Waals surface area contributed by atoms with Crippen molar-refractivity contribution in [2.75, 3.05) is 0 Å². The summed E-state index contributed by atoms with van der Waals surface area (Å²) in [5, 5.41) is 14.3. The number of aryl methyl sites for hydroxylation is 1. The summed E-state index contributed by atoms with van der Waals surface area (Å²) in [4.78, 5) is 23.7. The number of fused-ring (bicyclic) bond motifs is 1. The topological polar surface area (TPSA) is 66.4 Å². The molecule has 0 aliphatic rings. The van der Waals surface area contributed by atoms with Crippen LogP contribution in [-0.4, -0.2) is 23.0 Å². The van der Waals surface area contributed by atoms with Gasteiger partial charge in [0.25, 0.3) is 0 Å². The van der Waals surface area contributed by atoms with Crippen LogP contribution in [0.1, 0.15) is 17.5 Å². The van der Waals surface area contributed by atoms with Crippen LogP contribution in [0.4, 0.5) is 0 Å². The molecule has 3 rings (SSSR count). The molecule has 0 unspecified atom stereocenters. The molecular formula is C22H21NO3. The van der Waals surface area contributed by atoms with E-state index in [-0.39, 0.29) is 18.7 Å². The summed E-state index contributed by atoms with van der Waals surface area (Å²) in [7, 11) is 0. The molecule has 0 saturated heterocycles. The van der Waals surface area contributed by atoms with Gasteiger partial charge in [0, 0.05) is 12.8 Å². The minimum absolute atomic E-state index is 0.248. The van der Waals surface area contributed by atoms with Gasteiger partial charge in [0.05, 0.1) is 0 Å². The molecule has 1 amide bonds. The fourth-order valence-corrected chi connectivity index (χ4v) is 2.97. The molecule has 132 valence electrons. The van der Waals surface area contributed by atoms with Crippen LogP contribution in [0.25, 0.3) is 10.8 Å². The Kier molecular flexibility index (Phi) is 5.64. The second-order valence-corrected chi connectivity index (χ2v) is 6.33. The van der Waals surface area contributed by atoms with Crippen molar-refractivity contribution in [1.82, 2.24) is 5.32 Å². The van der Waals surface area contributed by atoms with Crippen LogP contribution in [0.2, 0.25) is 0 Å². The van der Waals surface area contributed by atoms with E-state index in [1.165, 1.54) is 0 Å². The molecule has 0 radical (unpaired) electrons. The number of benzene rings is 3. The molecule has 0 saturated carbocycles. The smallest absolute Gasteiger partial charge is 0.326 e. The highest BCUT2D eigenvalue weighted by atomic mass is 16.4. The van der Waals surface area contributed by atoms with Crippen molar-refractivity contribution in [1.29, 1.82) is 0 Å². The Morgan fingerprint density at radius 3 is 2.27 bits per heavy atom. The molecule has 0 aliphatic heterocycles. The van der Waals surface area contributed by atoms with Gasteiger partial charge in [0.1, 0.15) is 6.04 Å². The number of carbonyl (C=O) groups excluding carboxylic acids is 1. The highest BCUT2D eigenvalue weighted by Gasteiger charge is 2.20. The molecule has 4 nitrogen and oxygen atoms in total. The predicted octanol–water partition coefficient (Wildman–Crippen LogP) is 3.58. The molecule has 0 heterocycles. The zero-order valence-electron chi connectivity index (χ0n) is 14.4. The number of carboxylic acids is 1. The minimum atomic E-state index is -1.02. The van der Waals surface area contributed by atoms with Gasteiger partial charge in [-0.3, -0.25) is 4.79 Å². The highest BCUT2D eigenvalue weighted by Crippen LogP contribution is 2.17. The van der Waals surface area contributed by atoms with E-state index in [1.807, 2.05) is 72.8 Å². The second kappa shape index (κ2) is 8.30. The average molecular weight is 347 g/mol. The second-order valence-electron chi connectivity index (χ2n) is 6.33. The van der Waals surface area contributed by atoms with Crippen molar-refractivity contribution >= 4 is 22.6 Å². The Morgan fingerprint density at radius 1 is 0.846 bits per heavy atom. The molecule has 3 aromatic rings. The third-order valence-electron chi connectivity index (χ3n) is 4.37. The van der Waals surface area contributed by atoms with E-state index in [0.717, 1.165) is 21.9 Å². The fourth-order valence-electron chi connectivity index (χ4n) is 2.97. The maximum absolute atomic E-state index is 12.2. The third kappa shape index (κ3) is 4.70. The number of amides is 1. The number of nitrogens with one attached hydrogen (secondary N) is 1. The van der Waals surface area contributed by atoms with Gasteiger partial charge in [-0.2, -0.15) is 0 Å². The quantitative estimate of drug-likeness (QED) is 0.686. The van der Waals surface area contributed by atoms with Gasteiger partial charge in [0.2, 0.25) is 5.91 Å². The van der Waals surface area contributed by atoms with Crippen LogP contribution >= 0.6 is 0 Å². The zero-order chi connectivity index (χ0) is 18.4. The van der Waals surface area contributed by atoms with Crippen molar-refractivity contribution in [2.24, 2.45) is 0 Å². The van der Waals surface area contributed by atoms with Gasteiger partial charge in [-0.25, -0.2) is 4.79 Å². The maximum atomic E-state index is 12.2. The molecule has 0 aromatic heterocycles. The predicted molar refractivity (Wildman–Crippen MR) is 102 cm³/mol. The molecule has 1 atom stereocenters. The summed E-state index contributed by atoms with van der Waals surface area (Å²) in [5.74, 6) is -1.27. The number of aliphatic carboxylic acids is 1. The largest absolute Gasteiger partial charge is 0.480 e. The van der Waals surface area contributed by atoms with Crippen molar-refractivity contribution in [3.8, 4) is 0 Å². The lowest BCUT2D eigenvalue weighted by Gasteiger charge is -2.15. The molecule has 4 heteroatoms. The first-order chi connectivity index (χ1) is 12.6. The lowest BCUT2D eigenvalue weighted by molar-refractivity contribution is -0.141. The van der Waals surface area contributed by atoms with Crippen molar-refractivity contribution in [2.45, 2.75) is 25.3 Å². The van der Waals surface area contributed by atoms with Crippen LogP contribution in [0, 0.1) is 0 Å². The molecular weight excluding hydrogens is 326 g/mol. The summed E-state index contributed by atoms with van der Waals surface area (Å²) in [5.41, 5.74) is 1.95. The summed E-state index contributed by atoms with van der Waals surface area (Å²) < 4.78 is 0. The van der Waals surface area contributed by atoms with Crippen LogP contribution < -0.4 is 5.32 Å². The van der Waals surface area contributed by atoms with E-state index in [1.54, 1.807) is 0 Å². The number of hydrogen-bond donors (Lipinski definition) is 2. The van der Waals surface area contributed by atoms with Gasteiger partial charge in [-0.1, -0.05) is 72.8 Å². The summed E-state index contributed by atoms with van der Waals surface area (Å²) in [6.07, 6.45) is 1.12. The van der Waals surface area contributed by atoms with Crippen LogP contribution in [0.15, 0.2) is 72.8 Å².